The van der Waals surface area contributed by atoms with E-state index in [0.717, 1.165) is 18.8 Å². The molecule has 68 valence electrons. The Bertz CT molecular complexity index is 320. The summed E-state index contributed by atoms with van der Waals surface area (Å²) in [5, 5.41) is 0. The lowest BCUT2D eigenvalue weighted by Gasteiger charge is -2.22. The molecular weight excluding hydrogens is 162 g/mol. The van der Waals surface area contributed by atoms with Crippen LogP contribution in [0.1, 0.15) is 17.9 Å². The molecule has 2 heteroatoms. The molecule has 0 amide bonds. The largest absolute Gasteiger partial charge is 0.493 e. The number of hydrogen-bond acceptors (Lipinski definition) is 2. The Hall–Kier alpha value is -1.31. The van der Waals surface area contributed by atoms with E-state index >= 15 is 0 Å². The maximum Gasteiger partial charge on any atom is 0.123 e. The third kappa shape index (κ3) is 1.57. The molecule has 0 aliphatic carbocycles. The first kappa shape index (κ1) is 8.30. The zero-order valence-corrected chi connectivity index (χ0v) is 7.73. The van der Waals surface area contributed by atoms with Crippen LogP contribution in [0.4, 0.5) is 0 Å². The molecule has 0 saturated carbocycles. The number of para-hydroxylation sites is 1. The van der Waals surface area contributed by atoms with Crippen molar-refractivity contribution in [3.05, 3.63) is 29.8 Å². The van der Waals surface area contributed by atoms with Crippen LogP contribution >= 0.6 is 0 Å². The van der Waals surface area contributed by atoms with Gasteiger partial charge in [-0.05, 0) is 12.5 Å². The lowest BCUT2D eigenvalue weighted by atomic mass is 9.94. The SMILES string of the molecule is CN=CC1CCOc2ccccc21. The van der Waals surface area contributed by atoms with E-state index in [4.69, 9.17) is 4.74 Å². The summed E-state index contributed by atoms with van der Waals surface area (Å²) in [6.45, 7) is 0.799. The van der Waals surface area contributed by atoms with Crippen LogP contribution in [0.3, 0.4) is 0 Å². The highest BCUT2D eigenvalue weighted by Crippen LogP contribution is 2.31. The second kappa shape index (κ2) is 3.60. The minimum absolute atomic E-state index is 0.440. The van der Waals surface area contributed by atoms with Gasteiger partial charge in [0, 0.05) is 24.7 Å². The molecular formula is C11H13NO. The molecule has 1 aromatic rings. The van der Waals surface area contributed by atoms with Crippen molar-refractivity contribution in [2.45, 2.75) is 12.3 Å². The second-order valence-corrected chi connectivity index (χ2v) is 3.19. The van der Waals surface area contributed by atoms with Gasteiger partial charge in [0.2, 0.25) is 0 Å². The van der Waals surface area contributed by atoms with Crippen LogP contribution in [-0.4, -0.2) is 19.9 Å². The zero-order chi connectivity index (χ0) is 9.10. The fourth-order valence-corrected chi connectivity index (χ4v) is 1.70. The molecule has 2 rings (SSSR count). The minimum Gasteiger partial charge on any atom is -0.493 e. The summed E-state index contributed by atoms with van der Waals surface area (Å²) in [7, 11) is 1.82. The minimum atomic E-state index is 0.440. The fraction of sp³-hybridized carbons (Fsp3) is 0.364. The monoisotopic (exact) mass is 175 g/mol. The van der Waals surface area contributed by atoms with Crippen LogP contribution in [0, 0.1) is 0 Å². The van der Waals surface area contributed by atoms with Crippen molar-refractivity contribution in [1.29, 1.82) is 0 Å². The third-order valence-electron chi connectivity index (χ3n) is 2.33. The van der Waals surface area contributed by atoms with E-state index in [1.165, 1.54) is 5.56 Å². The van der Waals surface area contributed by atoms with Crippen LogP contribution < -0.4 is 4.74 Å². The Morgan fingerprint density at radius 2 is 2.31 bits per heavy atom. The van der Waals surface area contributed by atoms with Crippen molar-refractivity contribution < 1.29 is 4.74 Å². The third-order valence-corrected chi connectivity index (χ3v) is 2.33. The van der Waals surface area contributed by atoms with Crippen molar-refractivity contribution in [2.75, 3.05) is 13.7 Å². The second-order valence-electron chi connectivity index (χ2n) is 3.19. The van der Waals surface area contributed by atoms with E-state index in [0.29, 0.717) is 5.92 Å². The van der Waals surface area contributed by atoms with E-state index in [1.54, 1.807) is 0 Å². The Morgan fingerprint density at radius 3 is 3.15 bits per heavy atom. The standard InChI is InChI=1S/C11H13NO/c1-12-8-9-6-7-13-11-5-3-2-4-10(9)11/h2-5,8-9H,6-7H2,1H3. The normalized spacial score (nSPS) is 21.2. The van der Waals surface area contributed by atoms with Crippen LogP contribution in [0.5, 0.6) is 5.75 Å². The summed E-state index contributed by atoms with van der Waals surface area (Å²) >= 11 is 0. The number of benzene rings is 1. The summed E-state index contributed by atoms with van der Waals surface area (Å²) in [6.07, 6.45) is 3.04. The summed E-state index contributed by atoms with van der Waals surface area (Å²) < 4.78 is 5.54. The molecule has 1 aliphatic heterocycles. The van der Waals surface area contributed by atoms with Crippen LogP contribution in [0.2, 0.25) is 0 Å². The van der Waals surface area contributed by atoms with Gasteiger partial charge in [0.25, 0.3) is 0 Å². The van der Waals surface area contributed by atoms with Gasteiger partial charge in [-0.25, -0.2) is 0 Å². The average molecular weight is 175 g/mol. The van der Waals surface area contributed by atoms with Gasteiger partial charge in [0.1, 0.15) is 5.75 Å². The van der Waals surface area contributed by atoms with Crippen molar-refractivity contribution in [3.8, 4) is 5.75 Å². The van der Waals surface area contributed by atoms with Crippen LogP contribution in [0.25, 0.3) is 0 Å². The highest BCUT2D eigenvalue weighted by molar-refractivity contribution is 5.69. The lowest BCUT2D eigenvalue weighted by Crippen LogP contribution is -2.14. The van der Waals surface area contributed by atoms with Gasteiger partial charge in [-0.2, -0.15) is 0 Å². The van der Waals surface area contributed by atoms with Gasteiger partial charge in [0.15, 0.2) is 0 Å². The van der Waals surface area contributed by atoms with Gasteiger partial charge >= 0.3 is 0 Å². The van der Waals surface area contributed by atoms with Crippen LogP contribution in [-0.2, 0) is 0 Å². The van der Waals surface area contributed by atoms with Crippen molar-refractivity contribution in [3.63, 3.8) is 0 Å². The van der Waals surface area contributed by atoms with E-state index in [2.05, 4.69) is 11.1 Å². The van der Waals surface area contributed by atoms with Gasteiger partial charge in [-0.15, -0.1) is 0 Å². The number of rotatable bonds is 1. The highest BCUT2D eigenvalue weighted by Gasteiger charge is 2.18. The van der Waals surface area contributed by atoms with Gasteiger partial charge in [-0.1, -0.05) is 18.2 Å². The molecule has 0 bridgehead atoms. The smallest absolute Gasteiger partial charge is 0.123 e. The maximum atomic E-state index is 5.54. The van der Waals surface area contributed by atoms with Gasteiger partial charge < -0.3 is 9.73 Å². The number of nitrogens with zero attached hydrogens (tertiary/aromatic N) is 1. The van der Waals surface area contributed by atoms with Gasteiger partial charge in [0.05, 0.1) is 6.61 Å². The predicted octanol–water partition coefficient (Wildman–Crippen LogP) is 2.25. The van der Waals surface area contributed by atoms with E-state index < -0.39 is 0 Å². The molecule has 0 saturated heterocycles. The Kier molecular flexibility index (Phi) is 2.30. The van der Waals surface area contributed by atoms with E-state index in [1.807, 2.05) is 31.5 Å². The molecule has 1 atom stereocenters. The quantitative estimate of drug-likeness (QED) is 0.600. The number of hydrogen-bond donors (Lipinski definition) is 0. The number of fused-ring (bicyclic) bond motifs is 1. The number of ether oxygens (including phenoxy) is 1. The highest BCUT2D eigenvalue weighted by atomic mass is 16.5. The summed E-state index contributed by atoms with van der Waals surface area (Å²) in [5.74, 6) is 1.45. The zero-order valence-electron chi connectivity index (χ0n) is 7.73. The first-order valence-electron chi connectivity index (χ1n) is 4.56. The summed E-state index contributed by atoms with van der Waals surface area (Å²) in [5.41, 5.74) is 1.26. The first-order valence-corrected chi connectivity index (χ1v) is 4.56. The molecule has 1 unspecified atom stereocenters. The van der Waals surface area contributed by atoms with Gasteiger partial charge in [-0.3, -0.25) is 0 Å². The maximum absolute atomic E-state index is 5.54. The van der Waals surface area contributed by atoms with E-state index in [9.17, 15) is 0 Å². The fourth-order valence-electron chi connectivity index (χ4n) is 1.70. The van der Waals surface area contributed by atoms with E-state index in [-0.39, 0.29) is 0 Å². The Balaban J connectivity index is 2.36. The topological polar surface area (TPSA) is 21.6 Å². The Labute approximate surface area is 78.3 Å². The van der Waals surface area contributed by atoms with Crippen molar-refractivity contribution in [2.24, 2.45) is 4.99 Å². The molecule has 0 radical (unpaired) electrons. The molecule has 1 aromatic carbocycles. The molecule has 0 aromatic heterocycles. The average Bonchev–Trinajstić information content (AvgIpc) is 2.19. The lowest BCUT2D eigenvalue weighted by molar-refractivity contribution is 0.283. The molecule has 0 N–H and O–H groups in total. The molecule has 1 aliphatic rings. The molecule has 0 fully saturated rings. The van der Waals surface area contributed by atoms with Crippen molar-refractivity contribution >= 4 is 6.21 Å². The summed E-state index contributed by atoms with van der Waals surface area (Å²) in [6, 6.07) is 8.18. The molecule has 2 nitrogen and oxygen atoms in total. The van der Waals surface area contributed by atoms with Crippen LogP contribution in [0.15, 0.2) is 29.3 Å². The molecule has 1 heterocycles. The summed E-state index contributed by atoms with van der Waals surface area (Å²) in [4.78, 5) is 4.08. The first-order chi connectivity index (χ1) is 6.42. The number of aliphatic imine (C=N–C) groups is 1. The molecule has 0 spiro atoms. The van der Waals surface area contributed by atoms with Crippen molar-refractivity contribution in [1.82, 2.24) is 0 Å². The predicted molar refractivity (Wildman–Crippen MR) is 53.7 cm³/mol. The molecule has 13 heavy (non-hydrogen) atoms. The Morgan fingerprint density at radius 1 is 1.46 bits per heavy atom.